The maximum absolute atomic E-state index is 6.08. The Labute approximate surface area is 112 Å². The lowest BCUT2D eigenvalue weighted by atomic mass is 10.1. The second kappa shape index (κ2) is 8.98. The smallest absolute Gasteiger partial charge is 0.120 e. The van der Waals surface area contributed by atoms with Crippen molar-refractivity contribution in [3.05, 3.63) is 29.8 Å². The van der Waals surface area contributed by atoms with Crippen molar-refractivity contribution in [2.45, 2.75) is 52.6 Å². The molecule has 1 aromatic rings. The van der Waals surface area contributed by atoms with Crippen LogP contribution in [0.2, 0.25) is 0 Å². The van der Waals surface area contributed by atoms with Crippen molar-refractivity contribution in [1.82, 2.24) is 5.32 Å². The van der Waals surface area contributed by atoms with Crippen LogP contribution in [0, 0.1) is 0 Å². The molecule has 0 saturated heterocycles. The molecule has 1 atom stereocenters. The molecule has 0 bridgehead atoms. The highest BCUT2D eigenvalue weighted by molar-refractivity contribution is 5.28. The van der Waals surface area contributed by atoms with E-state index in [2.05, 4.69) is 50.4 Å². The Bertz CT molecular complexity index is 325. The molecule has 0 radical (unpaired) electrons. The molecule has 1 rings (SSSR count). The van der Waals surface area contributed by atoms with Gasteiger partial charge < -0.3 is 10.1 Å². The lowest BCUT2D eigenvalue weighted by Crippen LogP contribution is -2.31. The first kappa shape index (κ1) is 15.0. The van der Waals surface area contributed by atoms with E-state index in [4.69, 9.17) is 4.74 Å². The molecule has 0 heterocycles. The zero-order valence-electron chi connectivity index (χ0n) is 12.0. The summed E-state index contributed by atoms with van der Waals surface area (Å²) in [5.74, 6) is 1.01. The zero-order chi connectivity index (χ0) is 13.2. The van der Waals surface area contributed by atoms with Crippen LogP contribution in [0.4, 0.5) is 0 Å². The predicted molar refractivity (Wildman–Crippen MR) is 78.3 cm³/mol. The highest BCUT2D eigenvalue weighted by Crippen LogP contribution is 2.16. The van der Waals surface area contributed by atoms with Gasteiger partial charge in [-0.05, 0) is 43.5 Å². The third-order valence-corrected chi connectivity index (χ3v) is 3.02. The van der Waals surface area contributed by atoms with Gasteiger partial charge in [0.15, 0.2) is 0 Å². The number of aryl methyl sites for hydroxylation is 1. The van der Waals surface area contributed by atoms with Gasteiger partial charge in [0, 0.05) is 6.54 Å². The fraction of sp³-hybridized carbons (Fsp3) is 0.625. The van der Waals surface area contributed by atoms with Crippen LogP contribution >= 0.6 is 0 Å². The number of ether oxygens (including phenoxy) is 1. The Morgan fingerprint density at radius 3 is 2.67 bits per heavy atom. The third-order valence-electron chi connectivity index (χ3n) is 3.02. The van der Waals surface area contributed by atoms with Crippen molar-refractivity contribution >= 4 is 0 Å². The molecule has 0 amide bonds. The first-order chi connectivity index (χ1) is 8.80. The van der Waals surface area contributed by atoms with Gasteiger partial charge in [-0.2, -0.15) is 0 Å². The van der Waals surface area contributed by atoms with E-state index in [1.165, 1.54) is 12.0 Å². The standard InChI is InChI=1S/C16H27NO/c1-4-8-16(13-17-11-5-2)18-15-10-7-9-14(6-3)12-15/h7,9-10,12,16-17H,4-6,8,11,13H2,1-3H3. The molecule has 1 aromatic carbocycles. The van der Waals surface area contributed by atoms with Crippen molar-refractivity contribution in [2.75, 3.05) is 13.1 Å². The number of nitrogens with one attached hydrogen (secondary N) is 1. The Hall–Kier alpha value is -1.02. The fourth-order valence-corrected chi connectivity index (χ4v) is 2.00. The molecule has 102 valence electrons. The number of hydrogen-bond donors (Lipinski definition) is 1. The summed E-state index contributed by atoms with van der Waals surface area (Å²) in [6.45, 7) is 8.58. The summed E-state index contributed by atoms with van der Waals surface area (Å²) in [6.07, 6.45) is 4.78. The molecule has 0 aliphatic rings. The fourth-order valence-electron chi connectivity index (χ4n) is 2.00. The average molecular weight is 249 g/mol. The molecule has 18 heavy (non-hydrogen) atoms. The van der Waals surface area contributed by atoms with E-state index in [0.717, 1.165) is 38.1 Å². The first-order valence-electron chi connectivity index (χ1n) is 7.26. The van der Waals surface area contributed by atoms with Gasteiger partial charge in [-0.1, -0.05) is 39.3 Å². The van der Waals surface area contributed by atoms with Gasteiger partial charge in [-0.3, -0.25) is 0 Å². The summed E-state index contributed by atoms with van der Waals surface area (Å²) in [7, 11) is 0. The SMILES string of the molecule is CCCNCC(CCC)Oc1cccc(CC)c1. The molecule has 0 spiro atoms. The Morgan fingerprint density at radius 2 is 2.00 bits per heavy atom. The Kier molecular flexibility index (Phi) is 7.51. The van der Waals surface area contributed by atoms with Crippen LogP contribution in [0.1, 0.15) is 45.6 Å². The minimum absolute atomic E-state index is 0.286. The van der Waals surface area contributed by atoms with E-state index in [1.807, 2.05) is 0 Å². The predicted octanol–water partition coefficient (Wildman–Crippen LogP) is 3.80. The van der Waals surface area contributed by atoms with Crippen LogP contribution in [0.25, 0.3) is 0 Å². The van der Waals surface area contributed by atoms with Crippen LogP contribution < -0.4 is 10.1 Å². The van der Waals surface area contributed by atoms with E-state index in [0.29, 0.717) is 0 Å². The number of benzene rings is 1. The van der Waals surface area contributed by atoms with Gasteiger partial charge in [-0.25, -0.2) is 0 Å². The summed E-state index contributed by atoms with van der Waals surface area (Å²) in [5, 5.41) is 3.44. The quantitative estimate of drug-likeness (QED) is 0.672. The number of hydrogen-bond acceptors (Lipinski definition) is 2. The van der Waals surface area contributed by atoms with E-state index >= 15 is 0 Å². The maximum Gasteiger partial charge on any atom is 0.120 e. The Balaban J connectivity index is 2.52. The molecular formula is C16H27NO. The maximum atomic E-state index is 6.08. The minimum atomic E-state index is 0.286. The molecule has 0 aromatic heterocycles. The summed E-state index contributed by atoms with van der Waals surface area (Å²) < 4.78 is 6.08. The monoisotopic (exact) mass is 249 g/mol. The Morgan fingerprint density at radius 1 is 1.17 bits per heavy atom. The van der Waals surface area contributed by atoms with Gasteiger partial charge in [0.2, 0.25) is 0 Å². The normalized spacial score (nSPS) is 12.4. The van der Waals surface area contributed by atoms with Crippen LogP contribution in [0.3, 0.4) is 0 Å². The molecule has 0 aliphatic heterocycles. The topological polar surface area (TPSA) is 21.3 Å². The van der Waals surface area contributed by atoms with Crippen LogP contribution in [0.15, 0.2) is 24.3 Å². The molecule has 1 unspecified atom stereocenters. The molecule has 2 nitrogen and oxygen atoms in total. The summed E-state index contributed by atoms with van der Waals surface area (Å²) in [4.78, 5) is 0. The van der Waals surface area contributed by atoms with E-state index < -0.39 is 0 Å². The number of rotatable bonds is 9. The van der Waals surface area contributed by atoms with E-state index in [1.54, 1.807) is 0 Å². The van der Waals surface area contributed by atoms with Crippen LogP contribution in [-0.4, -0.2) is 19.2 Å². The van der Waals surface area contributed by atoms with Gasteiger partial charge in [-0.15, -0.1) is 0 Å². The first-order valence-corrected chi connectivity index (χ1v) is 7.26. The van der Waals surface area contributed by atoms with Gasteiger partial charge >= 0.3 is 0 Å². The van der Waals surface area contributed by atoms with Crippen LogP contribution in [0.5, 0.6) is 5.75 Å². The lowest BCUT2D eigenvalue weighted by molar-refractivity contribution is 0.186. The lowest BCUT2D eigenvalue weighted by Gasteiger charge is -2.19. The largest absolute Gasteiger partial charge is 0.489 e. The second-order valence-electron chi connectivity index (χ2n) is 4.73. The molecular weight excluding hydrogens is 222 g/mol. The van der Waals surface area contributed by atoms with Gasteiger partial charge in [0.25, 0.3) is 0 Å². The third kappa shape index (κ3) is 5.54. The minimum Gasteiger partial charge on any atom is -0.489 e. The zero-order valence-corrected chi connectivity index (χ0v) is 12.0. The van der Waals surface area contributed by atoms with E-state index in [-0.39, 0.29) is 6.10 Å². The van der Waals surface area contributed by atoms with Crippen molar-refractivity contribution in [3.63, 3.8) is 0 Å². The molecule has 2 heteroatoms. The van der Waals surface area contributed by atoms with Gasteiger partial charge in [0.05, 0.1) is 0 Å². The van der Waals surface area contributed by atoms with Crippen molar-refractivity contribution < 1.29 is 4.74 Å². The highest BCUT2D eigenvalue weighted by atomic mass is 16.5. The molecule has 0 fully saturated rings. The molecule has 0 saturated carbocycles. The average Bonchev–Trinajstić information content (AvgIpc) is 2.39. The molecule has 1 N–H and O–H groups in total. The van der Waals surface area contributed by atoms with Crippen molar-refractivity contribution in [3.8, 4) is 5.75 Å². The van der Waals surface area contributed by atoms with Crippen LogP contribution in [-0.2, 0) is 6.42 Å². The second-order valence-corrected chi connectivity index (χ2v) is 4.73. The summed E-state index contributed by atoms with van der Waals surface area (Å²) in [6, 6.07) is 8.44. The summed E-state index contributed by atoms with van der Waals surface area (Å²) in [5.41, 5.74) is 1.34. The summed E-state index contributed by atoms with van der Waals surface area (Å²) >= 11 is 0. The van der Waals surface area contributed by atoms with Gasteiger partial charge in [0.1, 0.15) is 11.9 Å². The highest BCUT2D eigenvalue weighted by Gasteiger charge is 2.09. The van der Waals surface area contributed by atoms with E-state index in [9.17, 15) is 0 Å². The van der Waals surface area contributed by atoms with Crippen molar-refractivity contribution in [1.29, 1.82) is 0 Å². The van der Waals surface area contributed by atoms with Crippen molar-refractivity contribution in [2.24, 2.45) is 0 Å². The molecule has 0 aliphatic carbocycles.